The normalized spacial score (nSPS) is 19.6. The summed E-state index contributed by atoms with van der Waals surface area (Å²) in [4.78, 5) is 11.1. The first-order chi connectivity index (χ1) is 16.5. The summed E-state index contributed by atoms with van der Waals surface area (Å²) in [6.07, 6.45) is -0.498. The summed E-state index contributed by atoms with van der Waals surface area (Å²) in [5, 5.41) is 2.67. The lowest BCUT2D eigenvalue weighted by molar-refractivity contribution is 0.162. The van der Waals surface area contributed by atoms with Crippen LogP contribution in [0.2, 0.25) is 0 Å². The first-order valence-electron chi connectivity index (χ1n) is 11.3. The number of alkyl halides is 2. The monoisotopic (exact) mass is 517 g/mol. The molecule has 1 aromatic carbocycles. The molecule has 0 aliphatic carbocycles. The lowest BCUT2D eigenvalue weighted by atomic mass is 10.1. The molecule has 35 heavy (non-hydrogen) atoms. The Bertz CT molecular complexity index is 1180. The minimum atomic E-state index is -3.46. The number of rotatable bonds is 7. The van der Waals surface area contributed by atoms with Gasteiger partial charge in [0, 0.05) is 44.5 Å². The first kappa shape index (κ1) is 25.4. The molecule has 2 aliphatic heterocycles. The standard InChI is InChI=1S/C22H27F4N5O3S/c1-13-9-17-18(12-31(13)35(2,32)33)29-22(21(28-17)27-11-20(25)26)30-7-5-15(6-8-30)34-19-4-3-14(23)10-16(19)24/h3-4,10,13,15,20H,5-9,11-12H2,1-2H3,(H,27,28). The zero-order valence-corrected chi connectivity index (χ0v) is 20.2. The molecular formula is C22H27F4N5O3S. The van der Waals surface area contributed by atoms with Crippen LogP contribution in [0.1, 0.15) is 31.2 Å². The van der Waals surface area contributed by atoms with Crippen molar-refractivity contribution in [2.75, 3.05) is 36.1 Å². The van der Waals surface area contributed by atoms with E-state index in [0.717, 1.165) is 18.4 Å². The van der Waals surface area contributed by atoms with Gasteiger partial charge in [-0.05, 0) is 19.1 Å². The molecule has 0 radical (unpaired) electrons. The predicted molar refractivity (Wildman–Crippen MR) is 122 cm³/mol. The maximum Gasteiger partial charge on any atom is 0.255 e. The van der Waals surface area contributed by atoms with Gasteiger partial charge in [-0.3, -0.25) is 0 Å². The number of hydrogen-bond donors (Lipinski definition) is 1. The number of anilines is 2. The molecule has 1 atom stereocenters. The Labute approximate surface area is 201 Å². The number of hydrogen-bond acceptors (Lipinski definition) is 7. The summed E-state index contributed by atoms with van der Waals surface area (Å²) < 4.78 is 84.3. The van der Waals surface area contributed by atoms with Crippen LogP contribution in [0.25, 0.3) is 0 Å². The average Bonchev–Trinajstić information content (AvgIpc) is 2.78. The Kier molecular flexibility index (Phi) is 7.36. The molecule has 0 bridgehead atoms. The third kappa shape index (κ3) is 5.95. The van der Waals surface area contributed by atoms with Crippen molar-refractivity contribution < 1.29 is 30.7 Å². The number of halogens is 4. The SMILES string of the molecule is CC1Cc2nc(NCC(F)F)c(N3CCC(Oc4ccc(F)cc4F)CC3)nc2CN1S(C)(=O)=O. The van der Waals surface area contributed by atoms with Crippen molar-refractivity contribution in [3.63, 3.8) is 0 Å². The Morgan fingerprint density at radius 1 is 1.17 bits per heavy atom. The van der Waals surface area contributed by atoms with Gasteiger partial charge in [0.05, 0.1) is 30.7 Å². The molecule has 4 rings (SSSR count). The molecule has 0 saturated carbocycles. The second-order valence-electron chi connectivity index (χ2n) is 8.80. The van der Waals surface area contributed by atoms with Crippen LogP contribution < -0.4 is 15.0 Å². The molecule has 8 nitrogen and oxygen atoms in total. The summed E-state index contributed by atoms with van der Waals surface area (Å²) in [7, 11) is -3.46. The second kappa shape index (κ2) is 10.1. The van der Waals surface area contributed by atoms with Gasteiger partial charge in [-0.15, -0.1) is 0 Å². The van der Waals surface area contributed by atoms with Crippen molar-refractivity contribution in [1.29, 1.82) is 0 Å². The number of aromatic nitrogens is 2. The van der Waals surface area contributed by atoms with E-state index < -0.39 is 34.6 Å². The maximum absolute atomic E-state index is 13.9. The van der Waals surface area contributed by atoms with Gasteiger partial charge in [-0.1, -0.05) is 0 Å². The molecule has 1 N–H and O–H groups in total. The zero-order valence-electron chi connectivity index (χ0n) is 19.3. The van der Waals surface area contributed by atoms with Gasteiger partial charge in [0.1, 0.15) is 11.9 Å². The van der Waals surface area contributed by atoms with Crippen molar-refractivity contribution in [2.45, 2.75) is 51.3 Å². The van der Waals surface area contributed by atoms with E-state index in [1.54, 1.807) is 6.92 Å². The fourth-order valence-electron chi connectivity index (χ4n) is 4.36. The molecule has 1 aromatic heterocycles. The van der Waals surface area contributed by atoms with E-state index in [1.165, 1.54) is 10.4 Å². The smallest absolute Gasteiger partial charge is 0.255 e. The lowest BCUT2D eigenvalue weighted by Gasteiger charge is -2.36. The van der Waals surface area contributed by atoms with Crippen molar-refractivity contribution in [1.82, 2.24) is 14.3 Å². The van der Waals surface area contributed by atoms with Gasteiger partial charge in [0.15, 0.2) is 23.2 Å². The first-order valence-corrected chi connectivity index (χ1v) is 13.1. The van der Waals surface area contributed by atoms with Crippen LogP contribution in [0, 0.1) is 11.6 Å². The van der Waals surface area contributed by atoms with Gasteiger partial charge in [0.25, 0.3) is 6.43 Å². The summed E-state index contributed by atoms with van der Waals surface area (Å²) in [5.74, 6) is -0.932. The topological polar surface area (TPSA) is 87.7 Å². The van der Waals surface area contributed by atoms with Crippen LogP contribution in [-0.2, 0) is 23.0 Å². The van der Waals surface area contributed by atoms with Gasteiger partial charge in [-0.25, -0.2) is 35.9 Å². The number of nitrogens with zero attached hydrogens (tertiary/aromatic N) is 4. The van der Waals surface area contributed by atoms with Crippen LogP contribution in [0.15, 0.2) is 18.2 Å². The molecule has 192 valence electrons. The minimum Gasteiger partial charge on any atom is -0.487 e. The Morgan fingerprint density at radius 2 is 1.89 bits per heavy atom. The maximum atomic E-state index is 13.9. The van der Waals surface area contributed by atoms with Gasteiger partial charge in [0.2, 0.25) is 10.0 Å². The highest BCUT2D eigenvalue weighted by molar-refractivity contribution is 7.88. The number of nitrogens with one attached hydrogen (secondary N) is 1. The Balaban J connectivity index is 1.54. The van der Waals surface area contributed by atoms with E-state index in [0.29, 0.717) is 49.6 Å². The highest BCUT2D eigenvalue weighted by atomic mass is 32.2. The summed E-state index contributed by atoms with van der Waals surface area (Å²) >= 11 is 0. The largest absolute Gasteiger partial charge is 0.487 e. The van der Waals surface area contributed by atoms with E-state index in [9.17, 15) is 26.0 Å². The van der Waals surface area contributed by atoms with Crippen LogP contribution in [-0.4, -0.2) is 67.2 Å². The third-order valence-corrected chi connectivity index (χ3v) is 7.44. The summed E-state index contributed by atoms with van der Waals surface area (Å²) in [6.45, 7) is 2.07. The van der Waals surface area contributed by atoms with Crippen LogP contribution in [0.4, 0.5) is 29.2 Å². The predicted octanol–water partition coefficient (Wildman–Crippen LogP) is 3.19. The van der Waals surface area contributed by atoms with E-state index >= 15 is 0 Å². The number of benzene rings is 1. The number of sulfonamides is 1. The molecule has 3 heterocycles. The van der Waals surface area contributed by atoms with Crippen LogP contribution in [0.5, 0.6) is 5.75 Å². The highest BCUT2D eigenvalue weighted by Gasteiger charge is 2.33. The lowest BCUT2D eigenvalue weighted by Crippen LogP contribution is -2.43. The van der Waals surface area contributed by atoms with Crippen LogP contribution >= 0.6 is 0 Å². The van der Waals surface area contributed by atoms with E-state index in [1.807, 2.05) is 4.90 Å². The number of ether oxygens (including phenoxy) is 1. The molecule has 1 saturated heterocycles. The third-order valence-electron chi connectivity index (χ3n) is 6.10. The zero-order chi connectivity index (χ0) is 25.3. The van der Waals surface area contributed by atoms with Gasteiger partial charge < -0.3 is 15.0 Å². The van der Waals surface area contributed by atoms with Crippen molar-refractivity contribution >= 4 is 21.7 Å². The van der Waals surface area contributed by atoms with Crippen LogP contribution in [0.3, 0.4) is 0 Å². The fourth-order valence-corrected chi connectivity index (χ4v) is 5.45. The van der Waals surface area contributed by atoms with Crippen molar-refractivity contribution in [3.8, 4) is 5.75 Å². The molecule has 1 fully saturated rings. The molecule has 1 unspecified atom stereocenters. The molecule has 2 aliphatic rings. The Hall–Kier alpha value is -2.67. The summed E-state index contributed by atoms with van der Waals surface area (Å²) in [6, 6.07) is 2.79. The molecule has 0 amide bonds. The van der Waals surface area contributed by atoms with E-state index in [-0.39, 0.29) is 30.3 Å². The molecule has 13 heteroatoms. The van der Waals surface area contributed by atoms with Gasteiger partial charge in [-0.2, -0.15) is 4.31 Å². The molecular weight excluding hydrogens is 490 g/mol. The summed E-state index contributed by atoms with van der Waals surface area (Å²) in [5.41, 5.74) is 1.06. The molecule has 0 spiro atoms. The van der Waals surface area contributed by atoms with Crippen molar-refractivity contribution in [3.05, 3.63) is 41.2 Å². The van der Waals surface area contributed by atoms with Gasteiger partial charge >= 0.3 is 0 Å². The number of piperidine rings is 1. The molecule has 2 aromatic rings. The second-order valence-corrected chi connectivity index (χ2v) is 10.7. The fraction of sp³-hybridized carbons (Fsp3) is 0.545. The Morgan fingerprint density at radius 3 is 2.51 bits per heavy atom. The highest BCUT2D eigenvalue weighted by Crippen LogP contribution is 2.32. The number of fused-ring (bicyclic) bond motifs is 1. The average molecular weight is 518 g/mol. The van der Waals surface area contributed by atoms with Crippen molar-refractivity contribution in [2.24, 2.45) is 0 Å². The van der Waals surface area contributed by atoms with E-state index in [4.69, 9.17) is 4.74 Å². The quantitative estimate of drug-likeness (QED) is 0.565. The van der Waals surface area contributed by atoms with E-state index in [2.05, 4.69) is 15.3 Å². The minimum absolute atomic E-state index is 0.0345.